The molecule has 3 N–H and O–H groups in total. The number of carbonyl (C=O) groups excluding carboxylic acids is 2. The Hall–Kier alpha value is -3.40. The van der Waals surface area contributed by atoms with Gasteiger partial charge in [-0.1, -0.05) is 41.1 Å². The molecule has 8 nitrogen and oxygen atoms in total. The smallest absolute Gasteiger partial charge is 0.250 e. The predicted octanol–water partition coefficient (Wildman–Crippen LogP) is 6.20. The summed E-state index contributed by atoms with van der Waals surface area (Å²) in [6.07, 6.45) is 1.69. The Labute approximate surface area is 269 Å². The number of nitrogens with two attached hydrogens (primary N) is 1. The van der Waals surface area contributed by atoms with Crippen LogP contribution < -0.4 is 20.7 Å². The number of amides is 2. The number of anilines is 2. The lowest BCUT2D eigenvalue weighted by Gasteiger charge is -2.51. The normalized spacial score (nSPS) is 19.7. The van der Waals surface area contributed by atoms with Crippen LogP contribution in [0.4, 0.5) is 11.4 Å². The van der Waals surface area contributed by atoms with E-state index in [0.29, 0.717) is 17.9 Å². The van der Waals surface area contributed by atoms with Crippen molar-refractivity contribution in [2.45, 2.75) is 51.5 Å². The Bertz CT molecular complexity index is 1530. The van der Waals surface area contributed by atoms with Gasteiger partial charge < -0.3 is 25.4 Å². The molecule has 2 amide bonds. The van der Waals surface area contributed by atoms with Crippen molar-refractivity contribution in [2.24, 2.45) is 5.73 Å². The van der Waals surface area contributed by atoms with Crippen LogP contribution in [-0.2, 0) is 14.9 Å². The van der Waals surface area contributed by atoms with Gasteiger partial charge in [-0.25, -0.2) is 0 Å². The number of benzene rings is 3. The van der Waals surface area contributed by atoms with E-state index >= 15 is 0 Å². The predicted molar refractivity (Wildman–Crippen MR) is 180 cm³/mol. The minimum atomic E-state index is -0.507. The van der Waals surface area contributed by atoms with Crippen LogP contribution in [0.5, 0.6) is 5.75 Å². The summed E-state index contributed by atoms with van der Waals surface area (Å²) in [5.41, 5.74) is 10.8. The van der Waals surface area contributed by atoms with Gasteiger partial charge in [0.2, 0.25) is 5.91 Å². The van der Waals surface area contributed by atoms with Gasteiger partial charge in [0.05, 0.1) is 31.1 Å². The third-order valence-electron chi connectivity index (χ3n) is 8.95. The van der Waals surface area contributed by atoms with E-state index in [1.807, 2.05) is 23.1 Å². The van der Waals surface area contributed by atoms with Crippen molar-refractivity contribution in [3.63, 3.8) is 0 Å². The third-order valence-corrected chi connectivity index (χ3v) is 9.41. The maximum absolute atomic E-state index is 13.0. The summed E-state index contributed by atoms with van der Waals surface area (Å²) in [6.45, 7) is 13.4. The van der Waals surface area contributed by atoms with E-state index in [1.165, 1.54) is 0 Å². The van der Waals surface area contributed by atoms with Crippen molar-refractivity contribution in [1.29, 1.82) is 0 Å². The molecule has 0 aromatic heterocycles. The summed E-state index contributed by atoms with van der Waals surface area (Å²) in [6, 6.07) is 18.3. The molecule has 0 bridgehead atoms. The first-order chi connectivity index (χ1) is 20.9. The molecule has 5 rings (SSSR count). The van der Waals surface area contributed by atoms with E-state index in [0.717, 1.165) is 83.9 Å². The van der Waals surface area contributed by atoms with E-state index in [4.69, 9.17) is 15.2 Å². The summed E-state index contributed by atoms with van der Waals surface area (Å²) in [4.78, 5) is 29.7. The number of morpholine rings is 1. The minimum Gasteiger partial charge on any atom is -0.494 e. The molecule has 1 atom stereocenters. The molecule has 2 aliphatic rings. The topological polar surface area (TPSA) is 97.1 Å². The van der Waals surface area contributed by atoms with E-state index in [2.05, 4.69) is 77.2 Å². The van der Waals surface area contributed by atoms with Gasteiger partial charge in [-0.05, 0) is 79.8 Å². The molecule has 0 radical (unpaired) electrons. The van der Waals surface area contributed by atoms with Crippen molar-refractivity contribution in [1.82, 2.24) is 4.90 Å². The Kier molecular flexibility index (Phi) is 9.39. The summed E-state index contributed by atoms with van der Waals surface area (Å²) < 4.78 is 12.3. The fraction of sp³-hybridized carbons (Fsp3) is 0.429. The number of hydrogen-bond acceptors (Lipinski definition) is 6. The first kappa shape index (κ1) is 32.0. The van der Waals surface area contributed by atoms with Gasteiger partial charge in [0, 0.05) is 60.3 Å². The van der Waals surface area contributed by atoms with Crippen molar-refractivity contribution in [2.75, 3.05) is 56.7 Å². The van der Waals surface area contributed by atoms with Crippen molar-refractivity contribution < 1.29 is 19.1 Å². The highest BCUT2D eigenvalue weighted by Gasteiger charge is 2.47. The Morgan fingerprint density at radius 1 is 1.05 bits per heavy atom. The zero-order valence-electron chi connectivity index (χ0n) is 26.3. The number of fused-ring (bicyclic) bond motifs is 1. The molecule has 44 heavy (non-hydrogen) atoms. The molecule has 0 saturated carbocycles. The van der Waals surface area contributed by atoms with Crippen LogP contribution in [0, 0.1) is 0 Å². The van der Waals surface area contributed by atoms with Gasteiger partial charge in [0.15, 0.2) is 0 Å². The zero-order valence-corrected chi connectivity index (χ0v) is 27.9. The maximum atomic E-state index is 13.0. The zero-order chi connectivity index (χ0) is 31.6. The number of rotatable bonds is 9. The molecule has 1 fully saturated rings. The standard InChI is InChI=1S/C35H43BrN4O4/c1-23(41)40-31-12-7-24(28-20-26(36)21-29(33(37)42)32(28)38-5)19-30(31)35(4,22-34(40,2)3)25-8-10-27(11-9-25)44-16-6-13-39-14-17-43-18-15-39/h7-12,19-21,38H,6,13-18,22H2,1-5H3,(H2,37,42). The molecule has 2 heterocycles. The molecule has 0 spiro atoms. The Balaban J connectivity index is 1.50. The molecule has 9 heteroatoms. The molecular formula is C35H43BrN4O4. The fourth-order valence-corrected chi connectivity index (χ4v) is 7.54. The molecule has 1 unspecified atom stereocenters. The summed E-state index contributed by atoms with van der Waals surface area (Å²) in [5.74, 6) is 0.342. The average molecular weight is 664 g/mol. The Morgan fingerprint density at radius 3 is 2.39 bits per heavy atom. The van der Waals surface area contributed by atoms with Crippen LogP contribution in [0.1, 0.15) is 62.0 Å². The number of nitrogens with zero attached hydrogens (tertiary/aromatic N) is 2. The third kappa shape index (κ3) is 6.36. The van der Waals surface area contributed by atoms with Crippen LogP contribution in [0.3, 0.4) is 0 Å². The number of carbonyl (C=O) groups is 2. The molecule has 3 aromatic rings. The minimum absolute atomic E-state index is 0.00117. The van der Waals surface area contributed by atoms with Crippen LogP contribution in [0.15, 0.2) is 59.1 Å². The number of nitrogens with one attached hydrogen (secondary N) is 1. The number of ether oxygens (including phenoxy) is 2. The highest BCUT2D eigenvalue weighted by atomic mass is 79.9. The van der Waals surface area contributed by atoms with Crippen LogP contribution >= 0.6 is 15.9 Å². The van der Waals surface area contributed by atoms with Gasteiger partial charge in [-0.15, -0.1) is 0 Å². The van der Waals surface area contributed by atoms with Crippen molar-refractivity contribution >= 4 is 39.1 Å². The highest BCUT2D eigenvalue weighted by molar-refractivity contribution is 9.10. The molecule has 3 aromatic carbocycles. The lowest BCUT2D eigenvalue weighted by Crippen LogP contribution is -2.55. The molecule has 234 valence electrons. The lowest BCUT2D eigenvalue weighted by atomic mass is 9.65. The molecule has 2 aliphatic heterocycles. The second-order valence-corrected chi connectivity index (χ2v) is 13.5. The van der Waals surface area contributed by atoms with Gasteiger partial charge in [0.25, 0.3) is 5.91 Å². The van der Waals surface area contributed by atoms with Gasteiger partial charge in [0.1, 0.15) is 5.75 Å². The first-order valence-corrected chi connectivity index (χ1v) is 16.0. The number of hydrogen-bond donors (Lipinski definition) is 2. The monoisotopic (exact) mass is 662 g/mol. The van der Waals surface area contributed by atoms with E-state index in [9.17, 15) is 9.59 Å². The average Bonchev–Trinajstić information content (AvgIpc) is 2.99. The van der Waals surface area contributed by atoms with Crippen LogP contribution in [-0.4, -0.2) is 68.8 Å². The highest BCUT2D eigenvalue weighted by Crippen LogP contribution is 2.52. The molecule has 1 saturated heterocycles. The quantitative estimate of drug-likeness (QED) is 0.265. The van der Waals surface area contributed by atoms with E-state index in [1.54, 1.807) is 20.0 Å². The van der Waals surface area contributed by atoms with Gasteiger partial charge in [-0.3, -0.25) is 14.5 Å². The molecular weight excluding hydrogens is 620 g/mol. The SMILES string of the molecule is CNc1c(C(N)=O)cc(Br)cc1-c1ccc2c(c1)C(C)(c1ccc(OCCCN3CCOCC3)cc1)CC(C)(C)N2C(C)=O. The second kappa shape index (κ2) is 12.9. The number of halogens is 1. The van der Waals surface area contributed by atoms with Crippen molar-refractivity contribution in [3.05, 3.63) is 75.8 Å². The van der Waals surface area contributed by atoms with Crippen molar-refractivity contribution in [3.8, 4) is 16.9 Å². The summed E-state index contributed by atoms with van der Waals surface area (Å²) in [7, 11) is 1.79. The number of primary amides is 1. The first-order valence-electron chi connectivity index (χ1n) is 15.2. The molecule has 0 aliphatic carbocycles. The largest absolute Gasteiger partial charge is 0.494 e. The van der Waals surface area contributed by atoms with Crippen LogP contribution in [0.25, 0.3) is 11.1 Å². The van der Waals surface area contributed by atoms with Crippen LogP contribution in [0.2, 0.25) is 0 Å². The Morgan fingerprint density at radius 2 is 1.75 bits per heavy atom. The fourth-order valence-electron chi connectivity index (χ4n) is 7.08. The lowest BCUT2D eigenvalue weighted by molar-refractivity contribution is -0.117. The van der Waals surface area contributed by atoms with Gasteiger partial charge in [-0.2, -0.15) is 0 Å². The maximum Gasteiger partial charge on any atom is 0.250 e. The summed E-state index contributed by atoms with van der Waals surface area (Å²) >= 11 is 3.56. The second-order valence-electron chi connectivity index (χ2n) is 12.6. The van der Waals surface area contributed by atoms with E-state index in [-0.39, 0.29) is 5.91 Å². The van der Waals surface area contributed by atoms with E-state index < -0.39 is 16.9 Å². The summed E-state index contributed by atoms with van der Waals surface area (Å²) in [5, 5.41) is 3.18. The van der Waals surface area contributed by atoms with Gasteiger partial charge >= 0.3 is 0 Å².